The summed E-state index contributed by atoms with van der Waals surface area (Å²) < 4.78 is 0. The van der Waals surface area contributed by atoms with Crippen LogP contribution in [0.5, 0.6) is 0 Å². The first-order valence-electron chi connectivity index (χ1n) is 5.89. The largest absolute Gasteiger partial charge is 0.478 e. The summed E-state index contributed by atoms with van der Waals surface area (Å²) in [6.07, 6.45) is 1.83. The Morgan fingerprint density at radius 3 is 2.47 bits per heavy atom. The summed E-state index contributed by atoms with van der Waals surface area (Å²) in [4.78, 5) is 15.5. The molecular formula is C15H15NO2S. The number of rotatable bonds is 3. The molecule has 0 radical (unpaired) electrons. The van der Waals surface area contributed by atoms with Crippen LogP contribution >= 0.6 is 11.8 Å². The van der Waals surface area contributed by atoms with E-state index in [-0.39, 0.29) is 5.56 Å². The highest BCUT2D eigenvalue weighted by Crippen LogP contribution is 2.25. The Hall–Kier alpha value is -1.81. The van der Waals surface area contributed by atoms with Gasteiger partial charge in [-0.1, -0.05) is 12.1 Å². The number of aromatic carboxylic acids is 1. The van der Waals surface area contributed by atoms with Gasteiger partial charge in [0, 0.05) is 5.56 Å². The maximum atomic E-state index is 11.1. The highest BCUT2D eigenvalue weighted by atomic mass is 32.2. The molecule has 0 aliphatic carbocycles. The van der Waals surface area contributed by atoms with Crippen LogP contribution in [0.4, 0.5) is 0 Å². The number of carboxylic acid groups (broad SMARTS) is 1. The van der Waals surface area contributed by atoms with E-state index in [0.29, 0.717) is 5.03 Å². The average Bonchev–Trinajstić information content (AvgIpc) is 2.41. The molecule has 1 aromatic heterocycles. The van der Waals surface area contributed by atoms with Crippen molar-refractivity contribution in [2.24, 2.45) is 0 Å². The number of nitrogens with zero attached hydrogens (tertiary/aromatic N) is 1. The number of hydrogen-bond donors (Lipinski definition) is 1. The van der Waals surface area contributed by atoms with Crippen LogP contribution in [0.2, 0.25) is 0 Å². The van der Waals surface area contributed by atoms with Gasteiger partial charge >= 0.3 is 5.97 Å². The topological polar surface area (TPSA) is 50.2 Å². The number of aryl methyl sites for hydroxylation is 2. The lowest BCUT2D eigenvalue weighted by Gasteiger charge is -2.08. The molecule has 2 aromatic rings. The number of hydrogen-bond acceptors (Lipinski definition) is 3. The molecule has 1 N–H and O–H groups in total. The molecular weight excluding hydrogens is 258 g/mol. The minimum Gasteiger partial charge on any atom is -0.478 e. The van der Waals surface area contributed by atoms with Crippen molar-refractivity contribution in [3.63, 3.8) is 0 Å². The standard InChI is InChI=1S/C15H15NO2S/c1-9-4-5-11(8-10(9)2)13-7-6-12(15(17)18)14(16-13)19-3/h4-8H,1-3H3,(H,17,18). The smallest absolute Gasteiger partial charge is 0.338 e. The summed E-state index contributed by atoms with van der Waals surface area (Å²) in [5.74, 6) is -0.941. The van der Waals surface area contributed by atoms with Gasteiger partial charge in [-0.05, 0) is 49.4 Å². The van der Waals surface area contributed by atoms with Crippen molar-refractivity contribution < 1.29 is 9.90 Å². The van der Waals surface area contributed by atoms with Gasteiger partial charge in [-0.3, -0.25) is 0 Å². The monoisotopic (exact) mass is 273 g/mol. The molecule has 0 saturated carbocycles. The van der Waals surface area contributed by atoms with Gasteiger partial charge in [0.05, 0.1) is 11.3 Å². The summed E-state index contributed by atoms with van der Waals surface area (Å²) in [6.45, 7) is 4.12. The summed E-state index contributed by atoms with van der Waals surface area (Å²) in [6, 6.07) is 9.51. The number of carboxylic acids is 1. The van der Waals surface area contributed by atoms with Gasteiger partial charge in [0.2, 0.25) is 0 Å². The van der Waals surface area contributed by atoms with E-state index in [1.54, 1.807) is 12.1 Å². The molecule has 19 heavy (non-hydrogen) atoms. The Morgan fingerprint density at radius 1 is 1.16 bits per heavy atom. The molecule has 0 fully saturated rings. The number of benzene rings is 1. The van der Waals surface area contributed by atoms with Crippen molar-refractivity contribution in [3.8, 4) is 11.3 Å². The number of thioether (sulfide) groups is 1. The second kappa shape index (κ2) is 5.45. The minimum absolute atomic E-state index is 0.250. The number of pyridine rings is 1. The van der Waals surface area contributed by atoms with E-state index >= 15 is 0 Å². The fourth-order valence-corrected chi connectivity index (χ4v) is 2.39. The zero-order valence-corrected chi connectivity index (χ0v) is 11.9. The number of carbonyl (C=O) groups is 1. The van der Waals surface area contributed by atoms with Gasteiger partial charge in [0.15, 0.2) is 0 Å². The molecule has 0 atom stereocenters. The van der Waals surface area contributed by atoms with Crippen LogP contribution in [0.25, 0.3) is 11.3 Å². The van der Waals surface area contributed by atoms with Gasteiger partial charge < -0.3 is 5.11 Å². The Labute approximate surface area is 116 Å². The summed E-state index contributed by atoms with van der Waals surface area (Å²) >= 11 is 1.35. The lowest BCUT2D eigenvalue weighted by atomic mass is 10.0. The van der Waals surface area contributed by atoms with Gasteiger partial charge in [-0.15, -0.1) is 11.8 Å². The first kappa shape index (κ1) is 13.6. The van der Waals surface area contributed by atoms with Crippen LogP contribution in [0.1, 0.15) is 21.5 Å². The third kappa shape index (κ3) is 2.79. The summed E-state index contributed by atoms with van der Waals surface area (Å²) in [5, 5.41) is 9.63. The van der Waals surface area contributed by atoms with Crippen LogP contribution in [0, 0.1) is 13.8 Å². The predicted molar refractivity (Wildman–Crippen MR) is 77.9 cm³/mol. The number of aromatic nitrogens is 1. The second-order valence-corrected chi connectivity index (χ2v) is 5.15. The molecule has 0 aliphatic heterocycles. The highest BCUT2D eigenvalue weighted by Gasteiger charge is 2.12. The Kier molecular flexibility index (Phi) is 3.90. The van der Waals surface area contributed by atoms with E-state index in [9.17, 15) is 4.79 Å². The van der Waals surface area contributed by atoms with Gasteiger partial charge in [-0.2, -0.15) is 0 Å². The third-order valence-corrected chi connectivity index (χ3v) is 3.78. The second-order valence-electron chi connectivity index (χ2n) is 4.36. The summed E-state index contributed by atoms with van der Waals surface area (Å²) in [7, 11) is 0. The molecule has 98 valence electrons. The van der Waals surface area contributed by atoms with Gasteiger partial charge in [0.1, 0.15) is 5.03 Å². The zero-order chi connectivity index (χ0) is 14.0. The van der Waals surface area contributed by atoms with E-state index in [2.05, 4.69) is 31.0 Å². The van der Waals surface area contributed by atoms with Crippen molar-refractivity contribution >= 4 is 17.7 Å². The Balaban J connectivity index is 2.51. The van der Waals surface area contributed by atoms with Crippen molar-refractivity contribution in [2.75, 3.05) is 6.26 Å². The fraction of sp³-hybridized carbons (Fsp3) is 0.200. The zero-order valence-electron chi connectivity index (χ0n) is 11.1. The van der Waals surface area contributed by atoms with E-state index in [0.717, 1.165) is 11.3 Å². The molecule has 0 saturated heterocycles. The van der Waals surface area contributed by atoms with E-state index in [1.807, 2.05) is 12.3 Å². The lowest BCUT2D eigenvalue weighted by Crippen LogP contribution is -2.01. The van der Waals surface area contributed by atoms with Crippen LogP contribution in [-0.4, -0.2) is 22.3 Å². The SMILES string of the molecule is CSc1nc(-c2ccc(C)c(C)c2)ccc1C(=O)O. The normalized spacial score (nSPS) is 10.5. The van der Waals surface area contributed by atoms with E-state index in [4.69, 9.17) is 5.11 Å². The van der Waals surface area contributed by atoms with Gasteiger partial charge in [-0.25, -0.2) is 9.78 Å². The summed E-state index contributed by atoms with van der Waals surface area (Å²) in [5.41, 5.74) is 4.50. The van der Waals surface area contributed by atoms with Crippen molar-refractivity contribution in [1.29, 1.82) is 0 Å². The Bertz CT molecular complexity index is 638. The van der Waals surface area contributed by atoms with Crippen LogP contribution < -0.4 is 0 Å². The van der Waals surface area contributed by atoms with E-state index in [1.165, 1.54) is 22.9 Å². The van der Waals surface area contributed by atoms with Crippen molar-refractivity contribution in [2.45, 2.75) is 18.9 Å². The first-order chi connectivity index (χ1) is 9.02. The van der Waals surface area contributed by atoms with Crippen LogP contribution in [-0.2, 0) is 0 Å². The lowest BCUT2D eigenvalue weighted by molar-refractivity contribution is 0.0692. The van der Waals surface area contributed by atoms with Crippen molar-refractivity contribution in [3.05, 3.63) is 47.0 Å². The molecule has 4 heteroatoms. The highest BCUT2D eigenvalue weighted by molar-refractivity contribution is 7.98. The maximum absolute atomic E-state index is 11.1. The van der Waals surface area contributed by atoms with Crippen LogP contribution in [0.3, 0.4) is 0 Å². The molecule has 1 heterocycles. The molecule has 0 aliphatic rings. The molecule has 0 spiro atoms. The van der Waals surface area contributed by atoms with Crippen molar-refractivity contribution in [1.82, 2.24) is 4.98 Å². The molecule has 0 bridgehead atoms. The van der Waals surface area contributed by atoms with E-state index < -0.39 is 5.97 Å². The molecule has 1 aromatic carbocycles. The molecule has 0 amide bonds. The molecule has 3 nitrogen and oxygen atoms in total. The fourth-order valence-electron chi connectivity index (χ4n) is 1.82. The molecule has 0 unspecified atom stereocenters. The average molecular weight is 273 g/mol. The maximum Gasteiger partial charge on any atom is 0.338 e. The first-order valence-corrected chi connectivity index (χ1v) is 7.11. The molecule has 2 rings (SSSR count). The minimum atomic E-state index is -0.941. The quantitative estimate of drug-likeness (QED) is 0.864. The predicted octanol–water partition coefficient (Wildman–Crippen LogP) is 3.79. The van der Waals surface area contributed by atoms with Crippen LogP contribution in [0.15, 0.2) is 35.4 Å². The Morgan fingerprint density at radius 2 is 1.89 bits per heavy atom. The van der Waals surface area contributed by atoms with Gasteiger partial charge in [0.25, 0.3) is 0 Å². The third-order valence-electron chi connectivity index (χ3n) is 3.09.